The van der Waals surface area contributed by atoms with E-state index in [2.05, 4.69) is 5.32 Å². The third kappa shape index (κ3) is 6.91. The summed E-state index contributed by atoms with van der Waals surface area (Å²) in [5, 5.41) is 13.3. The second-order valence-corrected chi connectivity index (χ2v) is 9.48. The van der Waals surface area contributed by atoms with Crippen LogP contribution in [-0.4, -0.2) is 25.1 Å². The highest BCUT2D eigenvalue weighted by molar-refractivity contribution is 7.16. The second-order valence-electron chi connectivity index (χ2n) is 7.85. The maximum Gasteiger partial charge on any atom is 0.341 e. The van der Waals surface area contributed by atoms with Crippen LogP contribution in [0.25, 0.3) is 6.08 Å². The smallest absolute Gasteiger partial charge is 0.341 e. The molecule has 0 bridgehead atoms. The third-order valence-corrected chi connectivity index (χ3v) is 6.87. The lowest BCUT2D eigenvalue weighted by Gasteiger charge is -2.13. The van der Waals surface area contributed by atoms with Gasteiger partial charge in [0.1, 0.15) is 23.3 Å². The zero-order valence-corrected chi connectivity index (χ0v) is 22.6. The van der Waals surface area contributed by atoms with Crippen LogP contribution in [0, 0.1) is 25.2 Å². The topological polar surface area (TPSA) is 97.7 Å². The lowest BCUT2D eigenvalue weighted by molar-refractivity contribution is -0.112. The molecule has 1 aromatic heterocycles. The molecule has 1 amide bonds. The average molecular weight is 539 g/mol. The molecular weight excluding hydrogens is 512 g/mol. The molecule has 7 nitrogen and oxygen atoms in total. The standard InChI is InChI=1S/C28H27ClN2O5S/c1-5-34-24-14-19(11-12-23(24)36-16-20-9-7-8-10-22(20)29)13-21(15-30)26(32)31-27-25(28(33)35-6-2)17(3)18(4)37-27/h7-14H,5-6,16H2,1-4H3,(H,31,32)/b21-13+. The highest BCUT2D eigenvalue weighted by atomic mass is 35.5. The number of hydrogen-bond donors (Lipinski definition) is 1. The minimum atomic E-state index is -0.633. The van der Waals surface area contributed by atoms with Crippen molar-refractivity contribution in [2.75, 3.05) is 18.5 Å². The summed E-state index contributed by atoms with van der Waals surface area (Å²) >= 11 is 7.48. The number of ether oxygens (including phenoxy) is 3. The second kappa shape index (κ2) is 12.9. The number of amides is 1. The van der Waals surface area contributed by atoms with Crippen LogP contribution >= 0.6 is 22.9 Å². The molecule has 3 aromatic rings. The monoisotopic (exact) mass is 538 g/mol. The van der Waals surface area contributed by atoms with Gasteiger partial charge in [0.05, 0.1) is 18.8 Å². The molecule has 0 unspecified atom stereocenters. The van der Waals surface area contributed by atoms with E-state index in [1.165, 1.54) is 17.4 Å². The average Bonchev–Trinajstić information content (AvgIpc) is 3.15. The molecule has 0 spiro atoms. The van der Waals surface area contributed by atoms with E-state index in [1.807, 2.05) is 38.1 Å². The lowest BCUT2D eigenvalue weighted by Crippen LogP contribution is -2.16. The van der Waals surface area contributed by atoms with Crippen LogP contribution < -0.4 is 14.8 Å². The van der Waals surface area contributed by atoms with Gasteiger partial charge in [-0.15, -0.1) is 11.3 Å². The van der Waals surface area contributed by atoms with Gasteiger partial charge >= 0.3 is 5.97 Å². The number of carbonyl (C=O) groups is 2. The molecule has 0 aliphatic rings. The van der Waals surface area contributed by atoms with Gasteiger partial charge in [-0.1, -0.05) is 35.9 Å². The van der Waals surface area contributed by atoms with Crippen LogP contribution in [0.1, 0.15) is 45.8 Å². The first-order valence-corrected chi connectivity index (χ1v) is 12.8. The summed E-state index contributed by atoms with van der Waals surface area (Å²) in [5.74, 6) is -0.178. The van der Waals surface area contributed by atoms with Gasteiger partial charge in [0.15, 0.2) is 11.5 Å². The molecule has 0 atom stereocenters. The van der Waals surface area contributed by atoms with Crippen molar-refractivity contribution < 1.29 is 23.8 Å². The number of nitriles is 1. The predicted molar refractivity (Wildman–Crippen MR) is 145 cm³/mol. The number of nitrogens with zero attached hydrogens (tertiary/aromatic N) is 1. The van der Waals surface area contributed by atoms with Crippen molar-refractivity contribution in [1.29, 1.82) is 5.26 Å². The van der Waals surface area contributed by atoms with Gasteiger partial charge in [-0.25, -0.2) is 4.79 Å². The summed E-state index contributed by atoms with van der Waals surface area (Å²) in [5.41, 5.74) is 2.30. The van der Waals surface area contributed by atoms with E-state index in [-0.39, 0.29) is 18.8 Å². The minimum absolute atomic E-state index is 0.134. The van der Waals surface area contributed by atoms with Crippen molar-refractivity contribution >= 4 is 45.9 Å². The normalized spacial score (nSPS) is 11.0. The first kappa shape index (κ1) is 27.8. The Morgan fingerprint density at radius 1 is 1.08 bits per heavy atom. The van der Waals surface area contributed by atoms with E-state index < -0.39 is 11.9 Å². The molecule has 0 aliphatic heterocycles. The van der Waals surface area contributed by atoms with Crippen LogP contribution in [0.4, 0.5) is 5.00 Å². The third-order valence-electron chi connectivity index (χ3n) is 5.38. The molecule has 0 saturated heterocycles. The van der Waals surface area contributed by atoms with Gasteiger partial charge in [-0.3, -0.25) is 4.79 Å². The van der Waals surface area contributed by atoms with E-state index in [4.69, 9.17) is 25.8 Å². The molecule has 192 valence electrons. The number of anilines is 1. The lowest BCUT2D eigenvalue weighted by atomic mass is 10.1. The zero-order valence-electron chi connectivity index (χ0n) is 21.0. The quantitative estimate of drug-likeness (QED) is 0.175. The Kier molecular flexibility index (Phi) is 9.72. The molecule has 0 aliphatic carbocycles. The van der Waals surface area contributed by atoms with Crippen molar-refractivity contribution in [3.05, 3.63) is 80.2 Å². The molecule has 0 fully saturated rings. The van der Waals surface area contributed by atoms with Gasteiger partial charge < -0.3 is 19.5 Å². The molecular formula is C28H27ClN2O5S. The molecule has 0 radical (unpaired) electrons. The minimum Gasteiger partial charge on any atom is -0.490 e. The van der Waals surface area contributed by atoms with Gasteiger partial charge in [-0.05, 0) is 63.1 Å². The summed E-state index contributed by atoms with van der Waals surface area (Å²) < 4.78 is 16.8. The summed E-state index contributed by atoms with van der Waals surface area (Å²) in [6, 6.07) is 14.5. The fourth-order valence-corrected chi connectivity index (χ4v) is 4.66. The Hall–Kier alpha value is -3.80. The van der Waals surface area contributed by atoms with Crippen LogP contribution in [0.2, 0.25) is 5.02 Å². The number of esters is 1. The van der Waals surface area contributed by atoms with E-state index in [1.54, 1.807) is 38.1 Å². The van der Waals surface area contributed by atoms with E-state index in [9.17, 15) is 14.9 Å². The Labute approximate surface area is 225 Å². The molecule has 9 heteroatoms. The van der Waals surface area contributed by atoms with Crippen molar-refractivity contribution in [1.82, 2.24) is 0 Å². The van der Waals surface area contributed by atoms with Gasteiger partial charge in [0, 0.05) is 15.5 Å². The Morgan fingerprint density at radius 2 is 1.84 bits per heavy atom. The molecule has 37 heavy (non-hydrogen) atoms. The Morgan fingerprint density at radius 3 is 2.51 bits per heavy atom. The van der Waals surface area contributed by atoms with Crippen molar-refractivity contribution in [3.8, 4) is 17.6 Å². The summed E-state index contributed by atoms with van der Waals surface area (Å²) in [4.78, 5) is 26.2. The Bertz CT molecular complexity index is 1370. The summed E-state index contributed by atoms with van der Waals surface area (Å²) in [7, 11) is 0. The van der Waals surface area contributed by atoms with E-state index in [0.717, 1.165) is 16.0 Å². The van der Waals surface area contributed by atoms with Crippen LogP contribution in [0.5, 0.6) is 11.5 Å². The fraction of sp³-hybridized carbons (Fsp3) is 0.250. The number of carbonyl (C=O) groups excluding carboxylic acids is 2. The molecule has 1 heterocycles. The van der Waals surface area contributed by atoms with Crippen molar-refractivity contribution in [3.63, 3.8) is 0 Å². The van der Waals surface area contributed by atoms with Gasteiger partial charge in [0.2, 0.25) is 0 Å². The number of halogens is 1. The largest absolute Gasteiger partial charge is 0.490 e. The predicted octanol–water partition coefficient (Wildman–Crippen LogP) is 6.72. The van der Waals surface area contributed by atoms with Crippen LogP contribution in [0.3, 0.4) is 0 Å². The summed E-state index contributed by atoms with van der Waals surface area (Å²) in [6.45, 7) is 8.07. The fourth-order valence-electron chi connectivity index (χ4n) is 3.42. The zero-order chi connectivity index (χ0) is 26.9. The number of nitrogens with one attached hydrogen (secondary N) is 1. The maximum absolute atomic E-state index is 13.0. The highest BCUT2D eigenvalue weighted by Crippen LogP contribution is 2.34. The van der Waals surface area contributed by atoms with Crippen LogP contribution in [0.15, 0.2) is 48.0 Å². The van der Waals surface area contributed by atoms with Gasteiger partial charge in [-0.2, -0.15) is 5.26 Å². The maximum atomic E-state index is 13.0. The van der Waals surface area contributed by atoms with E-state index in [0.29, 0.717) is 39.3 Å². The van der Waals surface area contributed by atoms with Crippen molar-refractivity contribution in [2.45, 2.75) is 34.3 Å². The first-order valence-electron chi connectivity index (χ1n) is 11.6. The molecule has 2 aromatic carbocycles. The number of hydrogen-bond acceptors (Lipinski definition) is 7. The SMILES string of the molecule is CCOC(=O)c1c(NC(=O)/C(C#N)=C/c2ccc(OCc3ccccc3Cl)c(OCC)c2)sc(C)c1C. The number of benzene rings is 2. The Balaban J connectivity index is 1.84. The van der Waals surface area contributed by atoms with E-state index >= 15 is 0 Å². The number of rotatable bonds is 10. The number of thiophene rings is 1. The van der Waals surface area contributed by atoms with Crippen molar-refractivity contribution in [2.24, 2.45) is 0 Å². The molecule has 3 rings (SSSR count). The first-order chi connectivity index (χ1) is 17.8. The number of aryl methyl sites for hydroxylation is 1. The summed E-state index contributed by atoms with van der Waals surface area (Å²) in [6.07, 6.45) is 1.45. The van der Waals surface area contributed by atoms with Crippen LogP contribution in [-0.2, 0) is 16.1 Å². The molecule has 0 saturated carbocycles. The molecule has 1 N–H and O–H groups in total. The highest BCUT2D eigenvalue weighted by Gasteiger charge is 2.23. The van der Waals surface area contributed by atoms with Gasteiger partial charge in [0.25, 0.3) is 5.91 Å².